The van der Waals surface area contributed by atoms with Gasteiger partial charge in [-0.25, -0.2) is 0 Å². The highest BCUT2D eigenvalue weighted by molar-refractivity contribution is 14.1. The Balaban J connectivity index is 2.18. The molecule has 1 nitrogen and oxygen atoms in total. The van der Waals surface area contributed by atoms with E-state index in [2.05, 4.69) is 44.6 Å². The van der Waals surface area contributed by atoms with E-state index < -0.39 is 0 Å². The molecule has 3 heteroatoms. The maximum atomic E-state index is 5.66. The van der Waals surface area contributed by atoms with Gasteiger partial charge in [0, 0.05) is 8.04 Å². The summed E-state index contributed by atoms with van der Waals surface area (Å²) in [6, 6.07) is 16.5. The molecule has 0 spiro atoms. The highest BCUT2D eigenvalue weighted by Crippen LogP contribution is 2.24. The number of hydrogen-bond acceptors (Lipinski definition) is 1. The lowest BCUT2D eigenvalue weighted by Gasteiger charge is -2.05. The fraction of sp³-hybridized carbons (Fsp3) is 0. The van der Waals surface area contributed by atoms with Gasteiger partial charge in [0.1, 0.15) is 11.5 Å². The molecule has 75 valence electrons. The average molecular weight is 374 g/mol. The molecule has 0 heterocycles. The lowest BCUT2D eigenvalue weighted by atomic mass is 10.3. The van der Waals surface area contributed by atoms with E-state index in [4.69, 9.17) is 4.74 Å². The minimum atomic E-state index is 0.807. The Morgan fingerprint density at radius 3 is 2.47 bits per heavy atom. The van der Waals surface area contributed by atoms with Crippen LogP contribution >= 0.6 is 38.5 Å². The fourth-order valence-electron chi connectivity index (χ4n) is 1.12. The molecule has 0 atom stereocenters. The summed E-state index contributed by atoms with van der Waals surface area (Å²) >= 11 is 5.62. The average Bonchev–Trinajstić information content (AvgIpc) is 2.22. The Morgan fingerprint density at radius 1 is 1.07 bits per heavy atom. The predicted molar refractivity (Wildman–Crippen MR) is 72.2 cm³/mol. The molecular weight excluding hydrogens is 367 g/mol. The molecule has 0 N–H and O–H groups in total. The van der Waals surface area contributed by atoms with Crippen molar-refractivity contribution < 1.29 is 4.74 Å². The zero-order valence-electron chi connectivity index (χ0n) is 7.71. The van der Waals surface area contributed by atoms with Crippen molar-refractivity contribution >= 4 is 38.5 Å². The summed E-state index contributed by atoms with van der Waals surface area (Å²) < 4.78 is 7.75. The summed E-state index contributed by atoms with van der Waals surface area (Å²) in [6.07, 6.45) is 0. The van der Waals surface area contributed by atoms with E-state index in [0.29, 0.717) is 0 Å². The van der Waals surface area contributed by atoms with Crippen molar-refractivity contribution in [2.75, 3.05) is 0 Å². The Morgan fingerprint density at radius 2 is 1.80 bits per heavy atom. The van der Waals surface area contributed by atoms with E-state index in [1.54, 1.807) is 0 Å². The van der Waals surface area contributed by atoms with E-state index in [1.807, 2.05) is 42.5 Å². The van der Waals surface area contributed by atoms with Crippen LogP contribution in [0.15, 0.2) is 46.9 Å². The second-order valence-electron chi connectivity index (χ2n) is 2.93. The lowest BCUT2D eigenvalue weighted by molar-refractivity contribution is 0.482. The standard InChI is InChI=1S/C12H7BrIO/c13-9-2-1-3-12(8-9)15-11-6-4-10(14)5-7-11/h1,3-8H. The molecule has 0 bridgehead atoms. The van der Waals surface area contributed by atoms with E-state index in [9.17, 15) is 0 Å². The van der Waals surface area contributed by atoms with Crippen molar-refractivity contribution in [2.24, 2.45) is 0 Å². The van der Waals surface area contributed by atoms with Gasteiger partial charge in [0.05, 0.1) is 0 Å². The third kappa shape index (κ3) is 3.21. The largest absolute Gasteiger partial charge is 0.457 e. The van der Waals surface area contributed by atoms with E-state index in [1.165, 1.54) is 3.57 Å². The predicted octanol–water partition coefficient (Wildman–Crippen LogP) is 4.65. The van der Waals surface area contributed by atoms with E-state index >= 15 is 0 Å². The molecular formula is C12H7BrIO. The molecule has 0 unspecified atom stereocenters. The third-order valence-corrected chi connectivity index (χ3v) is 2.96. The Bertz CT molecular complexity index is 453. The maximum Gasteiger partial charge on any atom is 0.128 e. The normalized spacial score (nSPS) is 10.0. The summed E-state index contributed by atoms with van der Waals surface area (Å²) in [5.74, 6) is 1.65. The molecule has 2 rings (SSSR count). The minimum Gasteiger partial charge on any atom is -0.457 e. The molecule has 0 aliphatic carbocycles. The van der Waals surface area contributed by atoms with Crippen molar-refractivity contribution in [3.05, 3.63) is 56.6 Å². The van der Waals surface area contributed by atoms with Crippen LogP contribution in [-0.2, 0) is 0 Å². The van der Waals surface area contributed by atoms with Gasteiger partial charge in [-0.2, -0.15) is 0 Å². The molecule has 0 fully saturated rings. The number of halogens is 2. The highest BCUT2D eigenvalue weighted by Gasteiger charge is 1.97. The summed E-state index contributed by atoms with van der Waals surface area (Å²) in [4.78, 5) is 0. The van der Waals surface area contributed by atoms with E-state index in [0.717, 1.165) is 16.0 Å². The SMILES string of the molecule is Brc1[c]ccc(Oc2ccc(I)cc2)c1. The molecule has 0 aliphatic heterocycles. The first-order chi connectivity index (χ1) is 7.24. The van der Waals surface area contributed by atoms with Gasteiger partial charge in [-0.3, -0.25) is 0 Å². The monoisotopic (exact) mass is 373 g/mol. The molecule has 0 saturated heterocycles. The zero-order valence-corrected chi connectivity index (χ0v) is 11.4. The van der Waals surface area contributed by atoms with Gasteiger partial charge in [-0.15, -0.1) is 0 Å². The van der Waals surface area contributed by atoms with Gasteiger partial charge >= 0.3 is 0 Å². The van der Waals surface area contributed by atoms with Gasteiger partial charge in [-0.1, -0.05) is 15.9 Å². The molecule has 0 amide bonds. The zero-order chi connectivity index (χ0) is 10.7. The van der Waals surface area contributed by atoms with Crippen LogP contribution in [0, 0.1) is 9.64 Å². The summed E-state index contributed by atoms with van der Waals surface area (Å²) in [5.41, 5.74) is 0. The second-order valence-corrected chi connectivity index (χ2v) is 5.03. The van der Waals surface area contributed by atoms with Crippen LogP contribution in [-0.4, -0.2) is 0 Å². The third-order valence-electron chi connectivity index (χ3n) is 1.79. The maximum absolute atomic E-state index is 5.66. The van der Waals surface area contributed by atoms with Crippen molar-refractivity contribution in [2.45, 2.75) is 0 Å². The quantitative estimate of drug-likeness (QED) is 0.696. The molecule has 0 saturated carbocycles. The lowest BCUT2D eigenvalue weighted by Crippen LogP contribution is -1.83. The van der Waals surface area contributed by atoms with Crippen molar-refractivity contribution in [3.63, 3.8) is 0 Å². The summed E-state index contributed by atoms with van der Waals surface area (Å²) in [5, 5.41) is 0. The highest BCUT2D eigenvalue weighted by atomic mass is 127. The van der Waals surface area contributed by atoms with Crippen molar-refractivity contribution in [1.82, 2.24) is 0 Å². The van der Waals surface area contributed by atoms with Crippen LogP contribution < -0.4 is 4.74 Å². The molecule has 1 radical (unpaired) electrons. The Kier molecular flexibility index (Phi) is 3.64. The van der Waals surface area contributed by atoms with Crippen LogP contribution in [0.4, 0.5) is 0 Å². The summed E-state index contributed by atoms with van der Waals surface area (Å²) in [6.45, 7) is 0. The molecule has 0 aromatic heterocycles. The number of benzene rings is 2. The molecule has 0 aliphatic rings. The first-order valence-corrected chi connectivity index (χ1v) is 6.22. The smallest absolute Gasteiger partial charge is 0.128 e. The van der Waals surface area contributed by atoms with Gasteiger partial charge in [0.15, 0.2) is 0 Å². The van der Waals surface area contributed by atoms with Gasteiger partial charge in [0.2, 0.25) is 0 Å². The van der Waals surface area contributed by atoms with Gasteiger partial charge in [0.25, 0.3) is 0 Å². The van der Waals surface area contributed by atoms with Gasteiger partial charge in [-0.05, 0) is 71.1 Å². The molecule has 2 aromatic rings. The van der Waals surface area contributed by atoms with Gasteiger partial charge < -0.3 is 4.74 Å². The van der Waals surface area contributed by atoms with Crippen LogP contribution in [0.5, 0.6) is 11.5 Å². The van der Waals surface area contributed by atoms with Crippen LogP contribution in [0.3, 0.4) is 0 Å². The fourth-order valence-corrected chi connectivity index (χ4v) is 1.84. The van der Waals surface area contributed by atoms with Crippen LogP contribution in [0.2, 0.25) is 0 Å². The molecule has 15 heavy (non-hydrogen) atoms. The summed E-state index contributed by atoms with van der Waals surface area (Å²) in [7, 11) is 0. The van der Waals surface area contributed by atoms with Crippen molar-refractivity contribution in [1.29, 1.82) is 0 Å². The van der Waals surface area contributed by atoms with Crippen LogP contribution in [0.25, 0.3) is 0 Å². The number of ether oxygens (including phenoxy) is 1. The molecule has 2 aromatic carbocycles. The van der Waals surface area contributed by atoms with Crippen molar-refractivity contribution in [3.8, 4) is 11.5 Å². The number of rotatable bonds is 2. The Labute approximate surface area is 111 Å². The van der Waals surface area contributed by atoms with Crippen LogP contribution in [0.1, 0.15) is 0 Å². The second kappa shape index (κ2) is 4.99. The first-order valence-electron chi connectivity index (χ1n) is 4.35. The Hall–Kier alpha value is -0.550. The number of hydrogen-bond donors (Lipinski definition) is 0. The first kappa shape index (κ1) is 11.0. The minimum absolute atomic E-state index is 0.807. The van der Waals surface area contributed by atoms with E-state index in [-0.39, 0.29) is 0 Å². The topological polar surface area (TPSA) is 9.23 Å².